The predicted molar refractivity (Wildman–Crippen MR) is 53.0 cm³/mol. The summed E-state index contributed by atoms with van der Waals surface area (Å²) in [6, 6.07) is 10.5. The predicted octanol–water partition coefficient (Wildman–Crippen LogP) is 2.13. The molecule has 0 saturated carbocycles. The van der Waals surface area contributed by atoms with Gasteiger partial charge in [0.1, 0.15) is 20.3 Å². The van der Waals surface area contributed by atoms with Crippen molar-refractivity contribution in [3.63, 3.8) is 0 Å². The Bertz CT molecular complexity index is 258. The lowest BCUT2D eigenvalue weighted by molar-refractivity contribution is -0.460. The van der Waals surface area contributed by atoms with Crippen LogP contribution in [0.1, 0.15) is 18.4 Å². The normalized spacial score (nSPS) is 12.2. The number of hydrogen-bond acceptors (Lipinski definition) is 0. The summed E-state index contributed by atoms with van der Waals surface area (Å²) < 4.78 is 2.09. The van der Waals surface area contributed by atoms with Crippen molar-refractivity contribution in [3.05, 3.63) is 35.9 Å². The highest BCUT2D eigenvalue weighted by Crippen LogP contribution is 2.10. The van der Waals surface area contributed by atoms with Crippen molar-refractivity contribution < 1.29 is 4.58 Å². The van der Waals surface area contributed by atoms with E-state index in [1.54, 1.807) is 0 Å². The molecule has 0 fully saturated rings. The van der Waals surface area contributed by atoms with Crippen LogP contribution in [0.2, 0.25) is 0 Å². The second-order valence-corrected chi connectivity index (χ2v) is 3.31. The lowest BCUT2D eigenvalue weighted by atomic mass is 10.0. The molecule has 0 bridgehead atoms. The van der Waals surface area contributed by atoms with Gasteiger partial charge in [0.2, 0.25) is 0 Å². The standard InChI is InChI=1S/C11H16N/c1-10(9-12(2)3)11-7-5-4-6-8-11/h4-10H,1-3H3/q+1. The molecule has 0 aliphatic rings. The van der Waals surface area contributed by atoms with Crippen molar-refractivity contribution in [2.75, 3.05) is 14.1 Å². The molecule has 1 rings (SSSR count). The molecule has 64 valence electrons. The smallest absolute Gasteiger partial charge is 0.146 e. The molecule has 0 heterocycles. The van der Waals surface area contributed by atoms with Crippen molar-refractivity contribution in [1.82, 2.24) is 0 Å². The Hall–Kier alpha value is -1.11. The van der Waals surface area contributed by atoms with Crippen LogP contribution in [0.15, 0.2) is 30.3 Å². The third-order valence-electron chi connectivity index (χ3n) is 1.85. The summed E-state index contributed by atoms with van der Waals surface area (Å²) in [6.07, 6.45) is 2.20. The van der Waals surface area contributed by atoms with Crippen molar-refractivity contribution in [1.29, 1.82) is 0 Å². The molecular weight excluding hydrogens is 146 g/mol. The summed E-state index contributed by atoms with van der Waals surface area (Å²) in [4.78, 5) is 0. The number of benzene rings is 1. The van der Waals surface area contributed by atoms with Gasteiger partial charge >= 0.3 is 0 Å². The average molecular weight is 162 g/mol. The van der Waals surface area contributed by atoms with Crippen molar-refractivity contribution in [2.45, 2.75) is 12.8 Å². The summed E-state index contributed by atoms with van der Waals surface area (Å²) in [5, 5.41) is 0. The minimum absolute atomic E-state index is 0.501. The van der Waals surface area contributed by atoms with E-state index in [0.29, 0.717) is 5.92 Å². The fourth-order valence-corrected chi connectivity index (χ4v) is 1.29. The average Bonchev–Trinajstić information content (AvgIpc) is 2.05. The van der Waals surface area contributed by atoms with E-state index in [2.05, 4.69) is 56.1 Å². The minimum atomic E-state index is 0.501. The zero-order chi connectivity index (χ0) is 8.97. The molecule has 0 spiro atoms. The van der Waals surface area contributed by atoms with E-state index < -0.39 is 0 Å². The van der Waals surface area contributed by atoms with Crippen molar-refractivity contribution >= 4 is 6.21 Å². The molecule has 1 nitrogen and oxygen atoms in total. The fraction of sp³-hybridized carbons (Fsp3) is 0.364. The Labute approximate surface area is 74.4 Å². The molecule has 0 aliphatic carbocycles. The second kappa shape index (κ2) is 4.05. The van der Waals surface area contributed by atoms with E-state index in [1.807, 2.05) is 6.07 Å². The molecule has 0 amide bonds. The van der Waals surface area contributed by atoms with E-state index in [1.165, 1.54) is 5.56 Å². The topological polar surface area (TPSA) is 3.01 Å². The maximum Gasteiger partial charge on any atom is 0.146 e. The molecule has 0 saturated heterocycles. The Kier molecular flexibility index (Phi) is 3.03. The Balaban J connectivity index is 2.79. The molecule has 1 aromatic carbocycles. The van der Waals surface area contributed by atoms with Gasteiger partial charge in [-0.3, -0.25) is 0 Å². The van der Waals surface area contributed by atoms with E-state index in [9.17, 15) is 0 Å². The second-order valence-electron chi connectivity index (χ2n) is 3.31. The highest BCUT2D eigenvalue weighted by molar-refractivity contribution is 5.62. The summed E-state index contributed by atoms with van der Waals surface area (Å²) in [6.45, 7) is 2.20. The zero-order valence-corrected chi connectivity index (χ0v) is 7.99. The van der Waals surface area contributed by atoms with Gasteiger partial charge in [0.05, 0.1) is 5.92 Å². The van der Waals surface area contributed by atoms with Crippen LogP contribution in [0.25, 0.3) is 0 Å². The third kappa shape index (κ3) is 2.50. The quantitative estimate of drug-likeness (QED) is 0.463. The lowest BCUT2D eigenvalue weighted by Crippen LogP contribution is -2.05. The first-order valence-electron chi connectivity index (χ1n) is 4.26. The number of hydrogen-bond donors (Lipinski definition) is 0. The van der Waals surface area contributed by atoms with E-state index in [-0.39, 0.29) is 0 Å². The Morgan fingerprint density at radius 3 is 2.25 bits per heavy atom. The fourth-order valence-electron chi connectivity index (χ4n) is 1.29. The van der Waals surface area contributed by atoms with Crippen molar-refractivity contribution in [3.8, 4) is 0 Å². The van der Waals surface area contributed by atoms with Crippen LogP contribution < -0.4 is 0 Å². The van der Waals surface area contributed by atoms with Gasteiger partial charge in [-0.25, -0.2) is 4.58 Å². The Morgan fingerprint density at radius 2 is 1.75 bits per heavy atom. The maximum atomic E-state index is 2.20. The Morgan fingerprint density at radius 1 is 1.17 bits per heavy atom. The highest BCUT2D eigenvalue weighted by Gasteiger charge is 2.03. The van der Waals surface area contributed by atoms with Gasteiger partial charge < -0.3 is 0 Å². The summed E-state index contributed by atoms with van der Waals surface area (Å²) in [5.74, 6) is 0.501. The van der Waals surface area contributed by atoms with E-state index in [0.717, 1.165) is 0 Å². The molecule has 0 radical (unpaired) electrons. The van der Waals surface area contributed by atoms with Gasteiger partial charge in [0.25, 0.3) is 0 Å². The minimum Gasteiger partial charge on any atom is -0.244 e. The van der Waals surface area contributed by atoms with Crippen LogP contribution in [0, 0.1) is 0 Å². The first kappa shape index (κ1) is 8.98. The van der Waals surface area contributed by atoms with Gasteiger partial charge in [-0.05, 0) is 12.5 Å². The third-order valence-corrected chi connectivity index (χ3v) is 1.85. The van der Waals surface area contributed by atoms with Gasteiger partial charge in [-0.15, -0.1) is 0 Å². The first-order chi connectivity index (χ1) is 5.70. The van der Waals surface area contributed by atoms with E-state index in [4.69, 9.17) is 0 Å². The van der Waals surface area contributed by atoms with E-state index >= 15 is 0 Å². The molecule has 1 unspecified atom stereocenters. The van der Waals surface area contributed by atoms with Crippen molar-refractivity contribution in [2.24, 2.45) is 0 Å². The molecule has 12 heavy (non-hydrogen) atoms. The lowest BCUT2D eigenvalue weighted by Gasteiger charge is -2.02. The molecule has 0 aliphatic heterocycles. The van der Waals surface area contributed by atoms with Crippen LogP contribution in [-0.2, 0) is 0 Å². The summed E-state index contributed by atoms with van der Waals surface area (Å²) in [5.41, 5.74) is 1.37. The van der Waals surface area contributed by atoms with Gasteiger partial charge in [0.15, 0.2) is 0 Å². The molecule has 1 heteroatoms. The summed E-state index contributed by atoms with van der Waals surface area (Å²) in [7, 11) is 4.11. The number of rotatable bonds is 2. The monoisotopic (exact) mass is 162 g/mol. The van der Waals surface area contributed by atoms with Gasteiger partial charge in [-0.2, -0.15) is 0 Å². The van der Waals surface area contributed by atoms with Gasteiger partial charge in [0, 0.05) is 0 Å². The maximum absolute atomic E-state index is 2.20. The van der Waals surface area contributed by atoms with Crippen LogP contribution in [0.3, 0.4) is 0 Å². The molecule has 0 N–H and O–H groups in total. The molecule has 1 aromatic rings. The highest BCUT2D eigenvalue weighted by atomic mass is 14.9. The largest absolute Gasteiger partial charge is 0.244 e. The number of nitrogens with zero attached hydrogens (tertiary/aromatic N) is 1. The molecule has 1 atom stereocenters. The van der Waals surface area contributed by atoms with Crippen LogP contribution in [0.4, 0.5) is 0 Å². The van der Waals surface area contributed by atoms with Crippen LogP contribution in [0.5, 0.6) is 0 Å². The van der Waals surface area contributed by atoms with Gasteiger partial charge in [-0.1, -0.05) is 30.3 Å². The molecular formula is C11H16N+. The molecule has 0 aromatic heterocycles. The zero-order valence-electron chi connectivity index (χ0n) is 7.99. The summed E-state index contributed by atoms with van der Waals surface area (Å²) >= 11 is 0. The van der Waals surface area contributed by atoms with Crippen LogP contribution in [-0.4, -0.2) is 24.9 Å². The SMILES string of the molecule is CC(C=[N+](C)C)c1ccccc1. The first-order valence-corrected chi connectivity index (χ1v) is 4.26. The van der Waals surface area contributed by atoms with Crippen LogP contribution >= 0.6 is 0 Å².